The van der Waals surface area contributed by atoms with Crippen LogP contribution >= 0.6 is 0 Å². The average Bonchev–Trinajstić information content (AvgIpc) is 3.09. The van der Waals surface area contributed by atoms with Crippen molar-refractivity contribution in [3.63, 3.8) is 0 Å². The summed E-state index contributed by atoms with van der Waals surface area (Å²) in [6.45, 7) is -0.344. The van der Waals surface area contributed by atoms with E-state index in [1.807, 2.05) is 0 Å². The van der Waals surface area contributed by atoms with Gasteiger partial charge in [-0.2, -0.15) is 0 Å². The lowest BCUT2D eigenvalue weighted by atomic mass is 10.1. The van der Waals surface area contributed by atoms with Crippen LogP contribution in [0.25, 0.3) is 0 Å². The van der Waals surface area contributed by atoms with E-state index in [0.29, 0.717) is 19.4 Å². The Morgan fingerprint density at radius 2 is 1.91 bits per heavy atom. The maximum atomic E-state index is 12.4. The molecule has 0 aliphatic carbocycles. The normalized spacial score (nSPS) is 15.7. The highest BCUT2D eigenvalue weighted by molar-refractivity contribution is 6.04. The first kappa shape index (κ1) is 26.9. The minimum absolute atomic E-state index is 0.0490. The molecule has 35 heavy (non-hydrogen) atoms. The van der Waals surface area contributed by atoms with Crippen LogP contribution in [0, 0.1) is 0 Å². The van der Waals surface area contributed by atoms with Crippen molar-refractivity contribution in [3.8, 4) is 0 Å². The molecule has 1 aliphatic heterocycles. The molecule has 190 valence electrons. The summed E-state index contributed by atoms with van der Waals surface area (Å²) in [5.41, 5.74) is 11.2. The fourth-order valence-corrected chi connectivity index (χ4v) is 3.11. The number of guanidine groups is 1. The van der Waals surface area contributed by atoms with E-state index in [1.54, 1.807) is 30.3 Å². The number of hydrogen-bond donors (Lipinski definition) is 6. The molecular formula is C21H29N7O7. The van der Waals surface area contributed by atoms with E-state index in [9.17, 15) is 29.1 Å². The number of carboxylic acid groups (broad SMARTS) is 1. The van der Waals surface area contributed by atoms with Crippen molar-refractivity contribution in [2.45, 2.75) is 38.0 Å². The number of imide groups is 1. The number of urea groups is 1. The molecule has 1 heterocycles. The number of aliphatic carboxylic acids is 1. The van der Waals surface area contributed by atoms with Gasteiger partial charge >= 0.3 is 18.1 Å². The maximum absolute atomic E-state index is 12.4. The van der Waals surface area contributed by atoms with Crippen molar-refractivity contribution in [2.24, 2.45) is 16.5 Å². The second kappa shape index (κ2) is 13.4. The van der Waals surface area contributed by atoms with Crippen molar-refractivity contribution in [3.05, 3.63) is 35.9 Å². The highest BCUT2D eigenvalue weighted by Gasteiger charge is 2.37. The zero-order chi connectivity index (χ0) is 25.8. The van der Waals surface area contributed by atoms with E-state index in [1.165, 1.54) is 0 Å². The molecule has 14 heteroatoms. The van der Waals surface area contributed by atoms with Crippen LogP contribution in [-0.2, 0) is 25.7 Å². The van der Waals surface area contributed by atoms with Gasteiger partial charge in [0, 0.05) is 26.1 Å². The number of alkyl carbamates (subject to hydrolysis) is 1. The topological polar surface area (TPSA) is 219 Å². The minimum atomic E-state index is -1.44. The van der Waals surface area contributed by atoms with Gasteiger partial charge in [0.1, 0.15) is 18.7 Å². The van der Waals surface area contributed by atoms with Gasteiger partial charge in [-0.05, 0) is 18.4 Å². The first-order valence-corrected chi connectivity index (χ1v) is 10.8. The number of carbonyl (C=O) groups is 5. The zero-order valence-corrected chi connectivity index (χ0v) is 18.9. The van der Waals surface area contributed by atoms with Crippen LogP contribution in [0.15, 0.2) is 35.3 Å². The van der Waals surface area contributed by atoms with Gasteiger partial charge in [0.15, 0.2) is 5.96 Å². The molecule has 2 atom stereocenters. The monoisotopic (exact) mass is 491 g/mol. The van der Waals surface area contributed by atoms with Gasteiger partial charge in [-0.25, -0.2) is 14.4 Å². The highest BCUT2D eigenvalue weighted by Crippen LogP contribution is 2.12. The standard InChI is InChI=1S/C21H29N7O7/c22-19(23)24-9-4-7-14-17(30)28(20(33)26-14)10-8-16(29)25-11-15(18(31)32)27-21(34)35-12-13-5-2-1-3-6-13/h1-3,5-6,14-15H,4,7-12H2,(H,25,29)(H,26,33)(H,27,34)(H,31,32)(H4,22,23,24)/t14-,15-/m0/s1. The number of nitrogens with zero attached hydrogens (tertiary/aromatic N) is 2. The van der Waals surface area contributed by atoms with Crippen LogP contribution < -0.4 is 27.4 Å². The molecule has 8 N–H and O–H groups in total. The summed E-state index contributed by atoms with van der Waals surface area (Å²) in [5.74, 6) is -2.52. The molecule has 0 unspecified atom stereocenters. The van der Waals surface area contributed by atoms with E-state index in [-0.39, 0.29) is 25.5 Å². The molecule has 2 rings (SSSR count). The van der Waals surface area contributed by atoms with Crippen LogP contribution in [0.4, 0.5) is 9.59 Å². The van der Waals surface area contributed by atoms with E-state index in [4.69, 9.17) is 16.2 Å². The van der Waals surface area contributed by atoms with Gasteiger partial charge in [0.05, 0.1) is 0 Å². The largest absolute Gasteiger partial charge is 0.480 e. The van der Waals surface area contributed by atoms with Crippen LogP contribution in [0.2, 0.25) is 0 Å². The summed E-state index contributed by atoms with van der Waals surface area (Å²) < 4.78 is 4.98. The molecule has 0 radical (unpaired) electrons. The second-order valence-corrected chi connectivity index (χ2v) is 7.59. The zero-order valence-electron chi connectivity index (χ0n) is 18.9. The van der Waals surface area contributed by atoms with E-state index < -0.39 is 48.5 Å². The SMILES string of the molecule is NC(N)=NCCC[C@@H]1NC(=O)N(CCC(=O)NC[C@H](NC(=O)OCc2ccccc2)C(=O)O)C1=O. The van der Waals surface area contributed by atoms with Gasteiger partial charge in [0.2, 0.25) is 5.91 Å². The number of benzene rings is 1. The van der Waals surface area contributed by atoms with Crippen LogP contribution in [0.5, 0.6) is 0 Å². The van der Waals surface area contributed by atoms with Gasteiger partial charge in [-0.3, -0.25) is 19.5 Å². The Kier molecular flexibility index (Phi) is 10.3. The van der Waals surface area contributed by atoms with E-state index >= 15 is 0 Å². The number of rotatable bonds is 13. The quantitative estimate of drug-likeness (QED) is 0.0847. The Morgan fingerprint density at radius 1 is 1.20 bits per heavy atom. The van der Waals surface area contributed by atoms with Gasteiger partial charge in [-0.1, -0.05) is 30.3 Å². The second-order valence-electron chi connectivity index (χ2n) is 7.59. The minimum Gasteiger partial charge on any atom is -0.480 e. The molecule has 0 bridgehead atoms. The lowest BCUT2D eigenvalue weighted by molar-refractivity contribution is -0.139. The third-order valence-corrected chi connectivity index (χ3v) is 4.92. The molecule has 0 aromatic heterocycles. The first-order chi connectivity index (χ1) is 16.7. The molecule has 1 aromatic carbocycles. The predicted molar refractivity (Wildman–Crippen MR) is 123 cm³/mol. The third kappa shape index (κ3) is 9.19. The summed E-state index contributed by atoms with van der Waals surface area (Å²) in [7, 11) is 0. The van der Waals surface area contributed by atoms with Crippen molar-refractivity contribution in [2.75, 3.05) is 19.6 Å². The number of ether oxygens (including phenoxy) is 1. The number of amides is 5. The lowest BCUT2D eigenvalue weighted by Gasteiger charge is -2.16. The molecule has 14 nitrogen and oxygen atoms in total. The molecule has 1 aliphatic rings. The van der Waals surface area contributed by atoms with E-state index in [2.05, 4.69) is 20.9 Å². The number of aliphatic imine (C=N–C) groups is 1. The predicted octanol–water partition coefficient (Wildman–Crippen LogP) is -1.15. The fourth-order valence-electron chi connectivity index (χ4n) is 3.11. The Morgan fingerprint density at radius 3 is 2.57 bits per heavy atom. The van der Waals surface area contributed by atoms with Crippen molar-refractivity contribution < 1.29 is 33.8 Å². The third-order valence-electron chi connectivity index (χ3n) is 4.92. The summed E-state index contributed by atoms with van der Waals surface area (Å²) in [4.78, 5) is 64.6. The van der Waals surface area contributed by atoms with E-state index in [0.717, 1.165) is 10.5 Å². The number of nitrogens with two attached hydrogens (primary N) is 2. The highest BCUT2D eigenvalue weighted by atomic mass is 16.5. The maximum Gasteiger partial charge on any atom is 0.408 e. The summed E-state index contributed by atoms with van der Waals surface area (Å²) in [6.07, 6.45) is -0.401. The number of carboxylic acids is 1. The molecule has 5 amide bonds. The van der Waals surface area contributed by atoms with Crippen LogP contribution in [0.3, 0.4) is 0 Å². The Hall–Kier alpha value is -4.36. The number of carbonyl (C=O) groups excluding carboxylic acids is 4. The van der Waals surface area contributed by atoms with Crippen LogP contribution in [0.1, 0.15) is 24.8 Å². The molecule has 1 aromatic rings. The van der Waals surface area contributed by atoms with Gasteiger partial charge < -0.3 is 37.3 Å². The van der Waals surface area contributed by atoms with Crippen molar-refractivity contribution >= 4 is 35.9 Å². The summed E-state index contributed by atoms with van der Waals surface area (Å²) in [6, 6.07) is 6.01. The molecule has 0 saturated carbocycles. The Balaban J connectivity index is 1.73. The fraction of sp³-hybridized carbons (Fsp3) is 0.429. The Bertz CT molecular complexity index is 951. The molecule has 1 fully saturated rings. The van der Waals surface area contributed by atoms with Crippen LogP contribution in [-0.4, -0.2) is 77.6 Å². The first-order valence-electron chi connectivity index (χ1n) is 10.8. The van der Waals surface area contributed by atoms with Gasteiger partial charge in [-0.15, -0.1) is 0 Å². The average molecular weight is 492 g/mol. The Labute approximate surface area is 201 Å². The lowest BCUT2D eigenvalue weighted by Crippen LogP contribution is -2.48. The summed E-state index contributed by atoms with van der Waals surface area (Å²) >= 11 is 0. The molecular weight excluding hydrogens is 462 g/mol. The number of nitrogens with one attached hydrogen (secondary N) is 3. The molecule has 1 saturated heterocycles. The van der Waals surface area contributed by atoms with Gasteiger partial charge in [0.25, 0.3) is 5.91 Å². The van der Waals surface area contributed by atoms with Crippen molar-refractivity contribution in [1.29, 1.82) is 0 Å². The summed E-state index contributed by atoms with van der Waals surface area (Å²) in [5, 5.41) is 16.3. The number of hydrogen-bond acceptors (Lipinski definition) is 7. The molecule has 0 spiro atoms. The smallest absolute Gasteiger partial charge is 0.408 e. The van der Waals surface area contributed by atoms with Crippen molar-refractivity contribution in [1.82, 2.24) is 20.9 Å².